The third-order valence-corrected chi connectivity index (χ3v) is 4.12. The Bertz CT molecular complexity index is 807. The number of amides is 1. The normalized spacial score (nSPS) is 11.4. The zero-order valence-corrected chi connectivity index (χ0v) is 16.2. The Kier molecular flexibility index (Phi) is 7.80. The molecule has 0 unspecified atom stereocenters. The first-order valence-electron chi connectivity index (χ1n) is 8.85. The Morgan fingerprint density at radius 3 is 2.29 bits per heavy atom. The molecule has 0 spiro atoms. The fraction of sp³-hybridized carbons (Fsp3) is 0.333. The summed E-state index contributed by atoms with van der Waals surface area (Å²) < 4.78 is 28.4. The van der Waals surface area contributed by atoms with E-state index in [1.165, 1.54) is 26.2 Å². The number of esters is 1. The monoisotopic (exact) mass is 389 g/mol. The van der Waals surface area contributed by atoms with Gasteiger partial charge in [0.15, 0.2) is 17.6 Å². The molecule has 0 aliphatic rings. The maximum atomic E-state index is 12.9. The lowest BCUT2D eigenvalue weighted by atomic mass is 10.1. The number of rotatable bonds is 9. The molecule has 0 heterocycles. The van der Waals surface area contributed by atoms with Crippen LogP contribution in [0.25, 0.3) is 0 Å². The van der Waals surface area contributed by atoms with Crippen LogP contribution >= 0.6 is 0 Å². The lowest BCUT2D eigenvalue weighted by Crippen LogP contribution is -2.35. The van der Waals surface area contributed by atoms with Gasteiger partial charge in [0.2, 0.25) is 0 Å². The van der Waals surface area contributed by atoms with Crippen molar-refractivity contribution < 1.29 is 28.2 Å². The van der Waals surface area contributed by atoms with Gasteiger partial charge in [-0.1, -0.05) is 18.2 Å². The van der Waals surface area contributed by atoms with E-state index in [1.54, 1.807) is 37.4 Å². The van der Waals surface area contributed by atoms with E-state index in [0.29, 0.717) is 17.9 Å². The van der Waals surface area contributed by atoms with E-state index >= 15 is 0 Å². The van der Waals surface area contributed by atoms with Crippen LogP contribution in [-0.2, 0) is 27.3 Å². The zero-order chi connectivity index (χ0) is 20.5. The summed E-state index contributed by atoms with van der Waals surface area (Å²) in [6.45, 7) is 1.77. The molecule has 0 saturated carbocycles. The molecule has 0 saturated heterocycles. The van der Waals surface area contributed by atoms with Gasteiger partial charge in [-0.15, -0.1) is 0 Å². The van der Waals surface area contributed by atoms with Crippen LogP contribution in [0.2, 0.25) is 0 Å². The van der Waals surface area contributed by atoms with E-state index < -0.39 is 18.0 Å². The summed E-state index contributed by atoms with van der Waals surface area (Å²) >= 11 is 0. The van der Waals surface area contributed by atoms with E-state index in [9.17, 15) is 14.0 Å². The van der Waals surface area contributed by atoms with Gasteiger partial charge >= 0.3 is 5.97 Å². The highest BCUT2D eigenvalue weighted by Gasteiger charge is 2.17. The SMILES string of the molecule is COc1ccc(CNC(=O)[C@@H](C)OC(=O)CCc2ccc(F)cc2)cc1OC. The first kappa shape index (κ1) is 21.2. The summed E-state index contributed by atoms with van der Waals surface area (Å²) in [5, 5.41) is 2.72. The second-order valence-corrected chi connectivity index (χ2v) is 6.17. The van der Waals surface area contributed by atoms with Crippen LogP contribution in [0, 0.1) is 5.82 Å². The van der Waals surface area contributed by atoms with Crippen molar-refractivity contribution in [1.82, 2.24) is 5.32 Å². The molecule has 7 heteroatoms. The summed E-state index contributed by atoms with van der Waals surface area (Å²) in [6.07, 6.45) is -0.390. The largest absolute Gasteiger partial charge is 0.493 e. The second kappa shape index (κ2) is 10.3. The van der Waals surface area contributed by atoms with Gasteiger partial charge in [0, 0.05) is 13.0 Å². The second-order valence-electron chi connectivity index (χ2n) is 6.17. The Morgan fingerprint density at radius 2 is 1.64 bits per heavy atom. The van der Waals surface area contributed by atoms with E-state index in [2.05, 4.69) is 5.32 Å². The molecule has 6 nitrogen and oxygen atoms in total. The predicted octanol–water partition coefficient (Wildman–Crippen LogP) is 3.02. The highest BCUT2D eigenvalue weighted by atomic mass is 19.1. The van der Waals surface area contributed by atoms with Crippen molar-refractivity contribution in [3.05, 3.63) is 59.4 Å². The summed E-state index contributed by atoms with van der Waals surface area (Å²) in [6, 6.07) is 11.2. The minimum absolute atomic E-state index is 0.110. The molecule has 1 N–H and O–H groups in total. The number of ether oxygens (including phenoxy) is 3. The summed E-state index contributed by atoms with van der Waals surface area (Å²) in [5.74, 6) is -0.0512. The summed E-state index contributed by atoms with van der Waals surface area (Å²) in [5.41, 5.74) is 1.64. The van der Waals surface area contributed by atoms with Crippen LogP contribution in [0.15, 0.2) is 42.5 Å². The van der Waals surface area contributed by atoms with Crippen LogP contribution in [0.3, 0.4) is 0 Å². The van der Waals surface area contributed by atoms with Gasteiger partial charge in [0.1, 0.15) is 5.82 Å². The first-order valence-corrected chi connectivity index (χ1v) is 8.85. The third-order valence-electron chi connectivity index (χ3n) is 4.12. The molecule has 0 bridgehead atoms. The van der Waals surface area contributed by atoms with Crippen LogP contribution in [0.5, 0.6) is 11.5 Å². The summed E-state index contributed by atoms with van der Waals surface area (Å²) in [4.78, 5) is 24.1. The van der Waals surface area contributed by atoms with Crippen LogP contribution in [0.4, 0.5) is 4.39 Å². The van der Waals surface area contributed by atoms with Crippen LogP contribution in [0.1, 0.15) is 24.5 Å². The number of hydrogen-bond acceptors (Lipinski definition) is 5. The molecule has 0 aliphatic heterocycles. The Labute approximate surface area is 163 Å². The quantitative estimate of drug-likeness (QED) is 0.668. The van der Waals surface area contributed by atoms with Gasteiger partial charge in [-0.2, -0.15) is 0 Å². The maximum absolute atomic E-state index is 12.9. The van der Waals surface area contributed by atoms with Crippen molar-refractivity contribution in [1.29, 1.82) is 0 Å². The Hall–Kier alpha value is -3.09. The van der Waals surface area contributed by atoms with E-state index in [0.717, 1.165) is 11.1 Å². The lowest BCUT2D eigenvalue weighted by molar-refractivity contribution is -0.154. The lowest BCUT2D eigenvalue weighted by Gasteiger charge is -2.14. The van der Waals surface area contributed by atoms with E-state index in [4.69, 9.17) is 14.2 Å². The molecule has 1 atom stereocenters. The average Bonchev–Trinajstić information content (AvgIpc) is 2.71. The van der Waals surface area contributed by atoms with Crippen molar-refractivity contribution in [3.63, 3.8) is 0 Å². The minimum Gasteiger partial charge on any atom is -0.493 e. The highest BCUT2D eigenvalue weighted by Crippen LogP contribution is 2.27. The molecule has 0 aromatic heterocycles. The molecule has 2 rings (SSSR count). The molecule has 0 aliphatic carbocycles. The van der Waals surface area contributed by atoms with Gasteiger partial charge in [0.25, 0.3) is 5.91 Å². The standard InChI is InChI=1S/C21H24FNO5/c1-14(28-20(24)11-7-15-4-8-17(22)9-5-15)21(25)23-13-16-6-10-18(26-2)19(12-16)27-3/h4-6,8-10,12,14H,7,11,13H2,1-3H3,(H,23,25)/t14-/m1/s1. The molecule has 2 aromatic rings. The van der Waals surface area contributed by atoms with Crippen molar-refractivity contribution in [2.24, 2.45) is 0 Å². The molecule has 150 valence electrons. The number of methoxy groups -OCH3 is 2. The third kappa shape index (κ3) is 6.26. The Morgan fingerprint density at radius 1 is 1.00 bits per heavy atom. The molecular weight excluding hydrogens is 365 g/mol. The zero-order valence-electron chi connectivity index (χ0n) is 16.2. The predicted molar refractivity (Wildman–Crippen MR) is 102 cm³/mol. The smallest absolute Gasteiger partial charge is 0.306 e. The van der Waals surface area contributed by atoms with Gasteiger partial charge < -0.3 is 19.5 Å². The molecule has 2 aromatic carbocycles. The van der Waals surface area contributed by atoms with Crippen molar-refractivity contribution >= 4 is 11.9 Å². The number of benzene rings is 2. The maximum Gasteiger partial charge on any atom is 0.306 e. The number of carbonyl (C=O) groups excluding carboxylic acids is 2. The topological polar surface area (TPSA) is 73.9 Å². The first-order chi connectivity index (χ1) is 13.4. The van der Waals surface area contributed by atoms with Gasteiger partial charge in [-0.25, -0.2) is 4.39 Å². The number of carbonyl (C=O) groups is 2. The van der Waals surface area contributed by atoms with Crippen molar-refractivity contribution in [3.8, 4) is 11.5 Å². The van der Waals surface area contributed by atoms with E-state index in [1.807, 2.05) is 0 Å². The highest BCUT2D eigenvalue weighted by molar-refractivity contribution is 5.83. The molecular formula is C21H24FNO5. The molecule has 1 amide bonds. The summed E-state index contributed by atoms with van der Waals surface area (Å²) in [7, 11) is 3.08. The van der Waals surface area contributed by atoms with E-state index in [-0.39, 0.29) is 18.8 Å². The van der Waals surface area contributed by atoms with Crippen molar-refractivity contribution in [2.45, 2.75) is 32.4 Å². The molecule has 0 radical (unpaired) electrons. The Balaban J connectivity index is 1.78. The van der Waals surface area contributed by atoms with Gasteiger partial charge in [-0.05, 0) is 48.7 Å². The fourth-order valence-corrected chi connectivity index (χ4v) is 2.53. The molecule has 28 heavy (non-hydrogen) atoms. The van der Waals surface area contributed by atoms with Crippen molar-refractivity contribution in [2.75, 3.05) is 14.2 Å². The number of halogens is 1. The minimum atomic E-state index is -0.916. The van der Waals surface area contributed by atoms with Gasteiger partial charge in [-0.3, -0.25) is 9.59 Å². The molecule has 0 fully saturated rings. The van der Waals surface area contributed by atoms with Crippen LogP contribution < -0.4 is 14.8 Å². The van der Waals surface area contributed by atoms with Crippen LogP contribution in [-0.4, -0.2) is 32.2 Å². The van der Waals surface area contributed by atoms with Gasteiger partial charge in [0.05, 0.1) is 14.2 Å². The number of aryl methyl sites for hydroxylation is 1. The number of hydrogen-bond donors (Lipinski definition) is 1. The average molecular weight is 389 g/mol. The number of nitrogens with one attached hydrogen (secondary N) is 1. The fourth-order valence-electron chi connectivity index (χ4n) is 2.53.